The fourth-order valence-corrected chi connectivity index (χ4v) is 2.68. The van der Waals surface area contributed by atoms with Crippen LogP contribution in [0.5, 0.6) is 0 Å². The predicted octanol–water partition coefficient (Wildman–Crippen LogP) is -0.713. The second-order valence-electron chi connectivity index (χ2n) is 5.39. The van der Waals surface area contributed by atoms with Crippen molar-refractivity contribution in [2.24, 2.45) is 22.9 Å². The summed E-state index contributed by atoms with van der Waals surface area (Å²) in [7, 11) is 0. The molecular formula is C14H33N5O2. The van der Waals surface area contributed by atoms with Crippen LogP contribution in [0.25, 0.3) is 0 Å². The number of carboxylic acid groups (broad SMARTS) is 1. The zero-order chi connectivity index (χ0) is 16.1. The number of carboxylic acids is 1. The van der Waals surface area contributed by atoms with Gasteiger partial charge in [0.2, 0.25) is 0 Å². The summed E-state index contributed by atoms with van der Waals surface area (Å²) >= 11 is 0. The van der Waals surface area contributed by atoms with Gasteiger partial charge < -0.3 is 28.0 Å². The standard InChI is InChI=1S/C14H33N5O2/c15-7-1-5-14(13(20)21,6-2-8-16)19(11-3-9-17)12-4-10-18/h1-12,15-18H2,(H,20,21). The predicted molar refractivity (Wildman–Crippen MR) is 85.9 cm³/mol. The topological polar surface area (TPSA) is 145 Å². The van der Waals surface area contributed by atoms with Crippen LogP contribution in [0, 0.1) is 0 Å². The summed E-state index contributed by atoms with van der Waals surface area (Å²) in [6.45, 7) is 3.39. The lowest BCUT2D eigenvalue weighted by atomic mass is 9.85. The zero-order valence-corrected chi connectivity index (χ0v) is 13.1. The van der Waals surface area contributed by atoms with Crippen LogP contribution in [-0.4, -0.2) is 60.8 Å². The van der Waals surface area contributed by atoms with Gasteiger partial charge in [-0.25, -0.2) is 0 Å². The van der Waals surface area contributed by atoms with E-state index in [4.69, 9.17) is 22.9 Å². The third-order valence-electron chi connectivity index (χ3n) is 3.86. The first-order valence-electron chi connectivity index (χ1n) is 7.87. The van der Waals surface area contributed by atoms with Crippen LogP contribution < -0.4 is 22.9 Å². The van der Waals surface area contributed by atoms with E-state index in [1.165, 1.54) is 0 Å². The first kappa shape index (κ1) is 20.3. The van der Waals surface area contributed by atoms with Crippen LogP contribution in [0.4, 0.5) is 0 Å². The van der Waals surface area contributed by atoms with E-state index in [9.17, 15) is 9.90 Å². The highest BCUT2D eigenvalue weighted by atomic mass is 16.4. The summed E-state index contributed by atoms with van der Waals surface area (Å²) in [6.07, 6.45) is 3.97. The zero-order valence-electron chi connectivity index (χ0n) is 13.1. The number of hydrogen-bond donors (Lipinski definition) is 5. The maximum Gasteiger partial charge on any atom is 0.324 e. The maximum atomic E-state index is 12.0. The molecule has 0 saturated heterocycles. The van der Waals surface area contributed by atoms with Crippen molar-refractivity contribution < 1.29 is 9.90 Å². The quantitative estimate of drug-likeness (QED) is 0.285. The van der Waals surface area contributed by atoms with Gasteiger partial charge in [0.05, 0.1) is 0 Å². The number of nitrogens with zero attached hydrogens (tertiary/aromatic N) is 1. The van der Waals surface area contributed by atoms with E-state index < -0.39 is 11.5 Å². The molecule has 0 aliphatic carbocycles. The van der Waals surface area contributed by atoms with Gasteiger partial charge in [0.1, 0.15) is 5.54 Å². The van der Waals surface area contributed by atoms with Crippen molar-refractivity contribution in [2.75, 3.05) is 39.3 Å². The van der Waals surface area contributed by atoms with Crippen molar-refractivity contribution in [1.82, 2.24) is 4.90 Å². The van der Waals surface area contributed by atoms with Crippen molar-refractivity contribution in [1.29, 1.82) is 0 Å². The molecule has 21 heavy (non-hydrogen) atoms. The summed E-state index contributed by atoms with van der Waals surface area (Å²) in [5.74, 6) is -0.793. The normalized spacial score (nSPS) is 12.0. The van der Waals surface area contributed by atoms with E-state index in [2.05, 4.69) is 0 Å². The molecule has 9 N–H and O–H groups in total. The van der Waals surface area contributed by atoms with Gasteiger partial charge in [-0.1, -0.05) is 0 Å². The van der Waals surface area contributed by atoms with Gasteiger partial charge >= 0.3 is 5.97 Å². The Labute approximate surface area is 128 Å². The molecule has 0 heterocycles. The molecule has 7 heteroatoms. The molecular weight excluding hydrogens is 270 g/mol. The average Bonchev–Trinajstić information content (AvgIpc) is 2.48. The lowest BCUT2D eigenvalue weighted by Gasteiger charge is -2.41. The highest BCUT2D eigenvalue weighted by molar-refractivity contribution is 5.78. The molecule has 0 aromatic heterocycles. The monoisotopic (exact) mass is 303 g/mol. The molecule has 0 amide bonds. The molecule has 0 unspecified atom stereocenters. The summed E-state index contributed by atoms with van der Waals surface area (Å²) in [4.78, 5) is 14.0. The molecule has 0 aromatic rings. The smallest absolute Gasteiger partial charge is 0.324 e. The Balaban J connectivity index is 5.21. The van der Waals surface area contributed by atoms with E-state index in [0.29, 0.717) is 65.0 Å². The van der Waals surface area contributed by atoms with E-state index >= 15 is 0 Å². The second kappa shape index (κ2) is 11.9. The highest BCUT2D eigenvalue weighted by Gasteiger charge is 2.42. The summed E-state index contributed by atoms with van der Waals surface area (Å²) in [6, 6.07) is 0. The minimum absolute atomic E-state index is 0.485. The largest absolute Gasteiger partial charge is 0.480 e. The van der Waals surface area contributed by atoms with Crippen molar-refractivity contribution >= 4 is 5.97 Å². The Bertz CT molecular complexity index is 260. The lowest BCUT2D eigenvalue weighted by Crippen LogP contribution is -2.56. The van der Waals surface area contributed by atoms with Gasteiger partial charge in [-0.3, -0.25) is 9.69 Å². The molecule has 0 spiro atoms. The fourth-order valence-electron chi connectivity index (χ4n) is 2.68. The second-order valence-corrected chi connectivity index (χ2v) is 5.39. The van der Waals surface area contributed by atoms with Crippen LogP contribution in [0.2, 0.25) is 0 Å². The molecule has 0 bridgehead atoms. The highest BCUT2D eigenvalue weighted by Crippen LogP contribution is 2.28. The number of carbonyl (C=O) groups is 1. The average molecular weight is 303 g/mol. The summed E-state index contributed by atoms with van der Waals surface area (Å²) < 4.78 is 0. The Hall–Kier alpha value is -0.730. The minimum atomic E-state index is -0.900. The third-order valence-corrected chi connectivity index (χ3v) is 3.86. The number of nitrogens with two attached hydrogens (primary N) is 4. The first-order chi connectivity index (χ1) is 10.1. The maximum absolute atomic E-state index is 12.0. The van der Waals surface area contributed by atoms with Crippen LogP contribution in [-0.2, 0) is 4.79 Å². The Kier molecular flexibility index (Phi) is 11.5. The van der Waals surface area contributed by atoms with E-state index in [1.807, 2.05) is 4.90 Å². The van der Waals surface area contributed by atoms with Crippen molar-refractivity contribution in [2.45, 2.75) is 44.1 Å². The number of rotatable bonds is 14. The molecule has 0 radical (unpaired) electrons. The molecule has 7 nitrogen and oxygen atoms in total. The first-order valence-corrected chi connectivity index (χ1v) is 7.87. The molecule has 0 atom stereocenters. The van der Waals surface area contributed by atoms with Crippen molar-refractivity contribution in [3.05, 3.63) is 0 Å². The van der Waals surface area contributed by atoms with E-state index in [1.54, 1.807) is 0 Å². The van der Waals surface area contributed by atoms with Gasteiger partial charge in [0.15, 0.2) is 0 Å². The minimum Gasteiger partial charge on any atom is -0.480 e. The molecule has 0 fully saturated rings. The van der Waals surface area contributed by atoms with E-state index in [-0.39, 0.29) is 0 Å². The molecule has 0 aliphatic heterocycles. The summed E-state index contributed by atoms with van der Waals surface area (Å²) in [5, 5.41) is 9.86. The van der Waals surface area contributed by atoms with E-state index in [0.717, 1.165) is 12.8 Å². The van der Waals surface area contributed by atoms with Gasteiger partial charge in [-0.15, -0.1) is 0 Å². The van der Waals surface area contributed by atoms with Gasteiger partial charge in [-0.05, 0) is 64.7 Å². The molecule has 0 rings (SSSR count). The Morgan fingerprint density at radius 3 is 1.48 bits per heavy atom. The molecule has 0 aromatic carbocycles. The molecule has 0 saturated carbocycles. The Morgan fingerprint density at radius 2 is 1.19 bits per heavy atom. The SMILES string of the molecule is NCCCN(CCCN)C(CCCN)(CCCN)C(=O)O. The van der Waals surface area contributed by atoms with Gasteiger partial charge in [0.25, 0.3) is 0 Å². The molecule has 126 valence electrons. The Morgan fingerprint density at radius 1 is 0.810 bits per heavy atom. The van der Waals surface area contributed by atoms with Crippen molar-refractivity contribution in [3.63, 3.8) is 0 Å². The van der Waals surface area contributed by atoms with Crippen molar-refractivity contribution in [3.8, 4) is 0 Å². The van der Waals surface area contributed by atoms with Gasteiger partial charge in [-0.2, -0.15) is 0 Å². The van der Waals surface area contributed by atoms with Crippen LogP contribution >= 0.6 is 0 Å². The fraction of sp³-hybridized carbons (Fsp3) is 0.929. The van der Waals surface area contributed by atoms with Gasteiger partial charge in [0, 0.05) is 13.1 Å². The van der Waals surface area contributed by atoms with Crippen LogP contribution in [0.1, 0.15) is 38.5 Å². The lowest BCUT2D eigenvalue weighted by molar-refractivity contribution is -0.153. The van der Waals surface area contributed by atoms with Crippen LogP contribution in [0.3, 0.4) is 0 Å². The molecule has 0 aliphatic rings. The summed E-state index contributed by atoms with van der Waals surface area (Å²) in [5.41, 5.74) is 21.5. The number of hydrogen-bond acceptors (Lipinski definition) is 6. The number of aliphatic carboxylic acids is 1. The van der Waals surface area contributed by atoms with Crippen LogP contribution in [0.15, 0.2) is 0 Å². The third kappa shape index (κ3) is 6.71.